The summed E-state index contributed by atoms with van der Waals surface area (Å²) in [6, 6.07) is 3.54. The highest BCUT2D eigenvalue weighted by molar-refractivity contribution is 7.97. The van der Waals surface area contributed by atoms with E-state index in [-0.39, 0.29) is 17.9 Å². The summed E-state index contributed by atoms with van der Waals surface area (Å²) in [6.07, 6.45) is 4.45. The predicted molar refractivity (Wildman–Crippen MR) is 77.7 cm³/mol. The highest BCUT2D eigenvalue weighted by Gasteiger charge is 2.43. The van der Waals surface area contributed by atoms with Crippen LogP contribution in [0, 0.1) is 17.1 Å². The molecule has 1 aliphatic carbocycles. The summed E-state index contributed by atoms with van der Waals surface area (Å²) in [5, 5.41) is 9.03. The number of nitrogens with one attached hydrogen (secondary N) is 1. The summed E-state index contributed by atoms with van der Waals surface area (Å²) in [6.45, 7) is 1.91. The molecule has 3 rings (SSSR count). The number of pyridine rings is 1. The summed E-state index contributed by atoms with van der Waals surface area (Å²) < 4.78 is 23.4. The number of fused-ring (bicyclic) bond motifs is 1. The molecule has 6 nitrogen and oxygen atoms in total. The Kier molecular flexibility index (Phi) is 3.76. The molecule has 0 unspecified atom stereocenters. The molecule has 1 aliphatic rings. The number of hydrogen-bond acceptors (Lipinski definition) is 6. The third-order valence-corrected chi connectivity index (χ3v) is 4.30. The smallest absolute Gasteiger partial charge is 0.374 e. The van der Waals surface area contributed by atoms with Crippen LogP contribution in [0.2, 0.25) is 0 Å². The number of imidazole rings is 1. The van der Waals surface area contributed by atoms with Gasteiger partial charge in [-0.1, -0.05) is 0 Å². The Morgan fingerprint density at radius 2 is 2.45 bits per heavy atom. The van der Waals surface area contributed by atoms with Gasteiger partial charge in [0.1, 0.15) is 16.9 Å². The Bertz CT molecular complexity index is 779. The van der Waals surface area contributed by atoms with Crippen LogP contribution in [-0.2, 0) is 4.74 Å². The maximum atomic E-state index is 14.1. The van der Waals surface area contributed by atoms with Crippen LogP contribution < -0.4 is 4.72 Å². The van der Waals surface area contributed by atoms with Gasteiger partial charge in [-0.3, -0.25) is 4.40 Å². The van der Waals surface area contributed by atoms with Crippen molar-refractivity contribution >= 4 is 23.4 Å². The van der Waals surface area contributed by atoms with Crippen LogP contribution in [0.4, 0.5) is 4.39 Å². The summed E-state index contributed by atoms with van der Waals surface area (Å²) in [5.74, 6) is -1.07. The molecule has 2 aromatic rings. The number of esters is 1. The van der Waals surface area contributed by atoms with Crippen LogP contribution in [0.1, 0.15) is 30.4 Å². The van der Waals surface area contributed by atoms with Crippen molar-refractivity contribution in [2.24, 2.45) is 0 Å². The number of ether oxygens (including phenoxy) is 1. The number of carbonyl (C=O) groups is 1. The third-order valence-electron chi connectivity index (χ3n) is 3.35. The lowest BCUT2D eigenvalue weighted by Gasteiger charge is -2.09. The number of rotatable bonds is 5. The lowest BCUT2D eigenvalue weighted by Crippen LogP contribution is -2.22. The molecular formula is C14H13FN4O2S. The van der Waals surface area contributed by atoms with Gasteiger partial charge in [0.05, 0.1) is 18.9 Å². The molecule has 8 heteroatoms. The van der Waals surface area contributed by atoms with Gasteiger partial charge in [0.25, 0.3) is 0 Å². The van der Waals surface area contributed by atoms with E-state index in [4.69, 9.17) is 10.00 Å². The molecule has 0 atom stereocenters. The van der Waals surface area contributed by atoms with E-state index in [2.05, 4.69) is 15.8 Å². The van der Waals surface area contributed by atoms with Crippen LogP contribution in [-0.4, -0.2) is 27.5 Å². The fourth-order valence-electron chi connectivity index (χ4n) is 1.95. The van der Waals surface area contributed by atoms with Gasteiger partial charge < -0.3 is 4.74 Å². The van der Waals surface area contributed by atoms with Gasteiger partial charge in [-0.2, -0.15) is 5.26 Å². The summed E-state index contributed by atoms with van der Waals surface area (Å²) >= 11 is 1.17. The van der Waals surface area contributed by atoms with Crippen molar-refractivity contribution in [3.05, 3.63) is 30.1 Å². The first-order valence-corrected chi connectivity index (χ1v) is 7.59. The van der Waals surface area contributed by atoms with Gasteiger partial charge in [0, 0.05) is 11.1 Å². The van der Waals surface area contributed by atoms with E-state index >= 15 is 0 Å². The van der Waals surface area contributed by atoms with Gasteiger partial charge >= 0.3 is 5.97 Å². The standard InChI is InChI=1S/C14H13FN4O2S/c1-2-21-13(20)12-17-6-11-10(15)5-9(7-19(11)12)22-18-14(8-16)3-4-14/h5-7,18H,2-4H2,1H3. The Labute approximate surface area is 130 Å². The fourth-order valence-corrected chi connectivity index (χ4v) is 2.84. The molecule has 0 saturated heterocycles. The number of aromatic nitrogens is 2. The first-order chi connectivity index (χ1) is 10.6. The van der Waals surface area contributed by atoms with E-state index in [1.54, 1.807) is 13.1 Å². The topological polar surface area (TPSA) is 79.4 Å². The van der Waals surface area contributed by atoms with Gasteiger partial charge in [-0.25, -0.2) is 18.9 Å². The average molecular weight is 320 g/mol. The zero-order valence-electron chi connectivity index (χ0n) is 11.8. The molecule has 0 aromatic carbocycles. The molecule has 0 bridgehead atoms. The minimum atomic E-state index is -0.604. The molecular weight excluding hydrogens is 307 g/mol. The Hall–Kier alpha value is -2.11. The Morgan fingerprint density at radius 3 is 3.09 bits per heavy atom. The lowest BCUT2D eigenvalue weighted by atomic mass is 10.3. The van der Waals surface area contributed by atoms with Gasteiger partial charge in [0.2, 0.25) is 5.82 Å². The molecule has 1 saturated carbocycles. The van der Waals surface area contributed by atoms with E-state index in [1.165, 1.54) is 28.6 Å². The van der Waals surface area contributed by atoms with Crippen LogP contribution in [0.15, 0.2) is 23.4 Å². The minimum absolute atomic E-state index is 0.0274. The van der Waals surface area contributed by atoms with E-state index in [0.29, 0.717) is 4.90 Å². The molecule has 1 N–H and O–H groups in total. The summed E-state index contributed by atoms with van der Waals surface area (Å²) in [4.78, 5) is 16.3. The molecule has 0 aliphatic heterocycles. The molecule has 0 amide bonds. The monoisotopic (exact) mass is 320 g/mol. The fraction of sp³-hybridized carbons (Fsp3) is 0.357. The van der Waals surface area contributed by atoms with Crippen molar-refractivity contribution in [3.63, 3.8) is 0 Å². The van der Waals surface area contributed by atoms with Gasteiger partial charge in [0.15, 0.2) is 0 Å². The average Bonchev–Trinajstić information content (AvgIpc) is 3.16. The van der Waals surface area contributed by atoms with Crippen LogP contribution in [0.3, 0.4) is 0 Å². The molecule has 114 valence electrons. The SMILES string of the molecule is CCOC(=O)c1ncc2c(F)cc(SNC3(C#N)CC3)cn12. The van der Waals surface area contributed by atoms with E-state index in [1.807, 2.05) is 0 Å². The molecule has 0 radical (unpaired) electrons. The highest BCUT2D eigenvalue weighted by atomic mass is 32.2. The molecule has 22 heavy (non-hydrogen) atoms. The van der Waals surface area contributed by atoms with Gasteiger partial charge in [-0.05, 0) is 37.8 Å². The molecule has 2 heterocycles. The summed E-state index contributed by atoms with van der Waals surface area (Å²) in [5.41, 5.74) is -0.316. The Morgan fingerprint density at radius 1 is 1.68 bits per heavy atom. The molecule has 0 spiro atoms. The third kappa shape index (κ3) is 2.65. The van der Waals surface area contributed by atoms with E-state index < -0.39 is 17.3 Å². The largest absolute Gasteiger partial charge is 0.460 e. The minimum Gasteiger partial charge on any atom is -0.460 e. The highest BCUT2D eigenvalue weighted by Crippen LogP contribution is 2.37. The number of nitriles is 1. The van der Waals surface area contributed by atoms with Gasteiger partial charge in [-0.15, -0.1) is 0 Å². The maximum Gasteiger partial charge on any atom is 0.374 e. The van der Waals surface area contributed by atoms with E-state index in [9.17, 15) is 9.18 Å². The first-order valence-electron chi connectivity index (χ1n) is 6.77. The van der Waals surface area contributed by atoms with Crippen LogP contribution >= 0.6 is 11.9 Å². The predicted octanol–water partition coefficient (Wildman–Crippen LogP) is 2.30. The first kappa shape index (κ1) is 14.8. The van der Waals surface area contributed by atoms with Crippen LogP contribution in [0.25, 0.3) is 5.52 Å². The second kappa shape index (κ2) is 5.59. The van der Waals surface area contributed by atoms with Crippen molar-refractivity contribution in [1.82, 2.24) is 14.1 Å². The second-order valence-electron chi connectivity index (χ2n) is 4.98. The zero-order chi connectivity index (χ0) is 15.7. The Balaban J connectivity index is 1.90. The van der Waals surface area contributed by atoms with Crippen molar-refractivity contribution in [1.29, 1.82) is 5.26 Å². The van der Waals surface area contributed by atoms with E-state index in [0.717, 1.165) is 12.8 Å². The van der Waals surface area contributed by atoms with Crippen molar-refractivity contribution in [3.8, 4) is 6.07 Å². The molecule has 2 aromatic heterocycles. The normalized spacial score (nSPS) is 15.5. The number of nitrogens with zero attached hydrogens (tertiary/aromatic N) is 3. The van der Waals surface area contributed by atoms with Crippen molar-refractivity contribution in [2.45, 2.75) is 30.2 Å². The number of halogens is 1. The summed E-state index contributed by atoms with van der Waals surface area (Å²) in [7, 11) is 0. The second-order valence-corrected chi connectivity index (χ2v) is 5.86. The number of carbonyl (C=O) groups excluding carboxylic acids is 1. The maximum absolute atomic E-state index is 14.1. The zero-order valence-corrected chi connectivity index (χ0v) is 12.6. The van der Waals surface area contributed by atoms with Crippen molar-refractivity contribution < 1.29 is 13.9 Å². The van der Waals surface area contributed by atoms with Crippen LogP contribution in [0.5, 0.6) is 0 Å². The number of hydrogen-bond donors (Lipinski definition) is 1. The lowest BCUT2D eigenvalue weighted by molar-refractivity contribution is 0.0511. The van der Waals surface area contributed by atoms with Crippen molar-refractivity contribution in [2.75, 3.05) is 6.61 Å². The quantitative estimate of drug-likeness (QED) is 0.673. The molecule has 1 fully saturated rings.